The first-order chi connectivity index (χ1) is 8.74. The number of halogens is 1. The molecule has 1 fully saturated rings. The maximum absolute atomic E-state index is 11.7. The van der Waals surface area contributed by atoms with Crippen LogP contribution >= 0.6 is 12.4 Å². The molecule has 0 saturated carbocycles. The molecular weight excluding hydrogens is 260 g/mol. The van der Waals surface area contributed by atoms with Crippen molar-refractivity contribution in [2.45, 2.75) is 38.6 Å². The molecule has 19 heavy (non-hydrogen) atoms. The molecule has 1 aliphatic rings. The van der Waals surface area contributed by atoms with Crippen LogP contribution in [0.25, 0.3) is 0 Å². The minimum Gasteiger partial charge on any atom is -0.355 e. The summed E-state index contributed by atoms with van der Waals surface area (Å²) >= 11 is 0. The standard InChI is InChI=1S/C15H22N2O.ClH/c1-12-4-6-13(7-5-12)8-9-15(18)17-11-14-3-2-10-16-14;/h4-7,14,16H,2-3,8-11H2,1H3,(H,17,18);1H. The summed E-state index contributed by atoms with van der Waals surface area (Å²) in [6.07, 6.45) is 3.81. The van der Waals surface area contributed by atoms with Crippen LogP contribution in [-0.4, -0.2) is 25.0 Å². The van der Waals surface area contributed by atoms with Crippen LogP contribution in [0.3, 0.4) is 0 Å². The summed E-state index contributed by atoms with van der Waals surface area (Å²) in [4.78, 5) is 11.7. The number of carbonyl (C=O) groups excluding carboxylic acids is 1. The van der Waals surface area contributed by atoms with Crippen LogP contribution in [-0.2, 0) is 11.2 Å². The van der Waals surface area contributed by atoms with Gasteiger partial charge in [0.2, 0.25) is 5.91 Å². The van der Waals surface area contributed by atoms with E-state index < -0.39 is 0 Å². The third-order valence-electron chi connectivity index (χ3n) is 3.47. The van der Waals surface area contributed by atoms with Crippen LogP contribution in [0, 0.1) is 6.92 Å². The highest BCUT2D eigenvalue weighted by atomic mass is 35.5. The molecule has 106 valence electrons. The molecule has 1 amide bonds. The van der Waals surface area contributed by atoms with Crippen LogP contribution in [0.15, 0.2) is 24.3 Å². The van der Waals surface area contributed by atoms with Gasteiger partial charge in [0.25, 0.3) is 0 Å². The van der Waals surface area contributed by atoms with Gasteiger partial charge in [-0.25, -0.2) is 0 Å². The van der Waals surface area contributed by atoms with Gasteiger partial charge in [-0.3, -0.25) is 4.79 Å². The smallest absolute Gasteiger partial charge is 0.220 e. The second kappa shape index (κ2) is 8.18. The van der Waals surface area contributed by atoms with Gasteiger partial charge < -0.3 is 10.6 Å². The van der Waals surface area contributed by atoms with Gasteiger partial charge in [0.1, 0.15) is 0 Å². The molecule has 1 unspecified atom stereocenters. The zero-order valence-corrected chi connectivity index (χ0v) is 12.3. The van der Waals surface area contributed by atoms with Crippen molar-refractivity contribution in [2.24, 2.45) is 0 Å². The van der Waals surface area contributed by atoms with Crippen molar-refractivity contribution in [3.05, 3.63) is 35.4 Å². The van der Waals surface area contributed by atoms with Gasteiger partial charge in [0, 0.05) is 19.0 Å². The number of benzene rings is 1. The monoisotopic (exact) mass is 282 g/mol. The van der Waals surface area contributed by atoms with Gasteiger partial charge in [0.05, 0.1) is 0 Å². The Morgan fingerprint density at radius 2 is 2.11 bits per heavy atom. The van der Waals surface area contributed by atoms with Crippen LogP contribution < -0.4 is 10.6 Å². The van der Waals surface area contributed by atoms with Crippen LogP contribution in [0.1, 0.15) is 30.4 Å². The van der Waals surface area contributed by atoms with Gasteiger partial charge in [-0.2, -0.15) is 0 Å². The predicted octanol–water partition coefficient (Wildman–Crippen LogP) is 2.22. The number of aryl methyl sites for hydroxylation is 2. The molecule has 1 aromatic carbocycles. The first-order valence-electron chi connectivity index (χ1n) is 6.79. The van der Waals surface area contributed by atoms with E-state index in [1.807, 2.05) is 0 Å². The minimum atomic E-state index is 0. The molecule has 1 heterocycles. The maximum Gasteiger partial charge on any atom is 0.220 e. The van der Waals surface area contributed by atoms with Gasteiger partial charge in [-0.1, -0.05) is 29.8 Å². The van der Waals surface area contributed by atoms with E-state index >= 15 is 0 Å². The van der Waals surface area contributed by atoms with Crippen molar-refractivity contribution >= 4 is 18.3 Å². The van der Waals surface area contributed by atoms with E-state index in [9.17, 15) is 4.79 Å². The lowest BCUT2D eigenvalue weighted by Crippen LogP contribution is -2.37. The van der Waals surface area contributed by atoms with E-state index in [4.69, 9.17) is 0 Å². The van der Waals surface area contributed by atoms with Gasteiger partial charge >= 0.3 is 0 Å². The van der Waals surface area contributed by atoms with E-state index in [1.165, 1.54) is 24.0 Å². The molecule has 1 aromatic rings. The second-order valence-corrected chi connectivity index (χ2v) is 5.08. The van der Waals surface area contributed by atoms with Gasteiger partial charge in [-0.05, 0) is 38.3 Å². The Morgan fingerprint density at radius 3 is 2.74 bits per heavy atom. The quantitative estimate of drug-likeness (QED) is 0.869. The fourth-order valence-corrected chi connectivity index (χ4v) is 2.27. The highest BCUT2D eigenvalue weighted by Gasteiger charge is 2.14. The molecule has 1 aliphatic heterocycles. The molecule has 3 nitrogen and oxygen atoms in total. The topological polar surface area (TPSA) is 41.1 Å². The van der Waals surface area contributed by atoms with E-state index in [1.54, 1.807) is 0 Å². The maximum atomic E-state index is 11.7. The number of hydrogen-bond donors (Lipinski definition) is 2. The summed E-state index contributed by atoms with van der Waals surface area (Å²) in [6, 6.07) is 8.86. The van der Waals surface area contributed by atoms with Crippen molar-refractivity contribution in [3.63, 3.8) is 0 Å². The summed E-state index contributed by atoms with van der Waals surface area (Å²) in [5.41, 5.74) is 2.49. The third kappa shape index (κ3) is 5.62. The number of amides is 1. The van der Waals surface area contributed by atoms with Crippen molar-refractivity contribution in [1.29, 1.82) is 0 Å². The SMILES string of the molecule is Cc1ccc(CCC(=O)NCC2CCCN2)cc1.Cl. The summed E-state index contributed by atoms with van der Waals surface area (Å²) in [5, 5.41) is 6.38. The first-order valence-corrected chi connectivity index (χ1v) is 6.79. The summed E-state index contributed by atoms with van der Waals surface area (Å²) in [5.74, 6) is 0.157. The summed E-state index contributed by atoms with van der Waals surface area (Å²) in [6.45, 7) is 3.93. The van der Waals surface area contributed by atoms with Crippen molar-refractivity contribution < 1.29 is 4.79 Å². The Morgan fingerprint density at radius 1 is 1.37 bits per heavy atom. The van der Waals surface area contributed by atoms with Crippen molar-refractivity contribution in [1.82, 2.24) is 10.6 Å². The molecule has 0 bridgehead atoms. The second-order valence-electron chi connectivity index (χ2n) is 5.08. The minimum absolute atomic E-state index is 0. The van der Waals surface area contributed by atoms with E-state index in [0.29, 0.717) is 12.5 Å². The molecule has 0 radical (unpaired) electrons. The fraction of sp³-hybridized carbons (Fsp3) is 0.533. The van der Waals surface area contributed by atoms with Crippen molar-refractivity contribution in [2.75, 3.05) is 13.1 Å². The van der Waals surface area contributed by atoms with Crippen molar-refractivity contribution in [3.8, 4) is 0 Å². The molecular formula is C15H23ClN2O. The molecule has 0 spiro atoms. The Hall–Kier alpha value is -1.06. The zero-order chi connectivity index (χ0) is 12.8. The van der Waals surface area contributed by atoms with E-state index in [2.05, 4.69) is 41.8 Å². The predicted molar refractivity (Wildman–Crippen MR) is 80.8 cm³/mol. The molecule has 2 N–H and O–H groups in total. The lowest BCUT2D eigenvalue weighted by molar-refractivity contribution is -0.121. The highest BCUT2D eigenvalue weighted by molar-refractivity contribution is 5.85. The Bertz CT molecular complexity index is 386. The van der Waals surface area contributed by atoms with Crippen LogP contribution in [0.5, 0.6) is 0 Å². The Kier molecular flexibility index (Phi) is 6.89. The average Bonchev–Trinajstić information content (AvgIpc) is 2.89. The Labute approximate surface area is 121 Å². The normalized spacial score (nSPS) is 17.8. The lowest BCUT2D eigenvalue weighted by Gasteiger charge is -2.11. The molecule has 1 saturated heterocycles. The summed E-state index contributed by atoms with van der Waals surface area (Å²) in [7, 11) is 0. The molecule has 1 atom stereocenters. The zero-order valence-electron chi connectivity index (χ0n) is 11.4. The Balaban J connectivity index is 0.00000180. The first kappa shape index (κ1) is 16.0. The number of hydrogen-bond acceptors (Lipinski definition) is 2. The number of nitrogens with one attached hydrogen (secondary N) is 2. The molecule has 2 rings (SSSR count). The van der Waals surface area contributed by atoms with Gasteiger partial charge in [-0.15, -0.1) is 12.4 Å². The number of carbonyl (C=O) groups is 1. The average molecular weight is 283 g/mol. The molecule has 0 aromatic heterocycles. The number of rotatable bonds is 5. The van der Waals surface area contributed by atoms with E-state index in [-0.39, 0.29) is 18.3 Å². The largest absolute Gasteiger partial charge is 0.355 e. The van der Waals surface area contributed by atoms with Crippen LogP contribution in [0.2, 0.25) is 0 Å². The molecule has 0 aliphatic carbocycles. The highest BCUT2D eigenvalue weighted by Crippen LogP contribution is 2.06. The van der Waals surface area contributed by atoms with E-state index in [0.717, 1.165) is 19.5 Å². The fourth-order valence-electron chi connectivity index (χ4n) is 2.27. The summed E-state index contributed by atoms with van der Waals surface area (Å²) < 4.78 is 0. The third-order valence-corrected chi connectivity index (χ3v) is 3.47. The van der Waals surface area contributed by atoms with Crippen LogP contribution in [0.4, 0.5) is 0 Å². The lowest BCUT2D eigenvalue weighted by atomic mass is 10.1. The molecule has 4 heteroatoms. The van der Waals surface area contributed by atoms with Gasteiger partial charge in [0.15, 0.2) is 0 Å².